The smallest absolute Gasteiger partial charge is 0.243 e. The zero-order valence-electron chi connectivity index (χ0n) is 10.8. The zero-order valence-corrected chi connectivity index (χ0v) is 10.8. The Hall–Kier alpha value is -1.88. The fraction of sp³-hybridized carbons (Fsp3) is 0.429. The molecule has 0 aliphatic carbocycles. The molecule has 0 aromatic heterocycles. The van der Waals surface area contributed by atoms with Crippen LogP contribution in [0.4, 0.5) is 5.69 Å². The van der Waals surface area contributed by atoms with Gasteiger partial charge in [-0.15, -0.1) is 0 Å². The van der Waals surface area contributed by atoms with Crippen molar-refractivity contribution >= 4 is 17.5 Å². The summed E-state index contributed by atoms with van der Waals surface area (Å²) in [6.45, 7) is 1.76. The van der Waals surface area contributed by atoms with Crippen molar-refractivity contribution in [2.24, 2.45) is 5.92 Å². The highest BCUT2D eigenvalue weighted by Crippen LogP contribution is 2.11. The average molecular weight is 261 g/mol. The first-order valence-electron chi connectivity index (χ1n) is 6.59. The maximum atomic E-state index is 11.8. The quantitative estimate of drug-likeness (QED) is 0.748. The van der Waals surface area contributed by atoms with Gasteiger partial charge in [0, 0.05) is 11.6 Å². The number of hydrogen-bond acceptors (Lipinski definition) is 3. The first-order valence-corrected chi connectivity index (χ1v) is 6.59. The van der Waals surface area contributed by atoms with Crippen LogP contribution in [-0.2, 0) is 9.59 Å². The van der Waals surface area contributed by atoms with E-state index in [0.29, 0.717) is 0 Å². The fourth-order valence-electron chi connectivity index (χ4n) is 2.12. The van der Waals surface area contributed by atoms with E-state index in [-0.39, 0.29) is 24.3 Å². The summed E-state index contributed by atoms with van der Waals surface area (Å²) in [4.78, 5) is 23.5. The molecule has 1 aliphatic rings. The number of anilines is 1. The van der Waals surface area contributed by atoms with Crippen LogP contribution in [0.15, 0.2) is 30.3 Å². The summed E-state index contributed by atoms with van der Waals surface area (Å²) in [5.74, 6) is -0.191. The van der Waals surface area contributed by atoms with E-state index in [0.717, 1.165) is 31.6 Å². The van der Waals surface area contributed by atoms with Gasteiger partial charge < -0.3 is 16.0 Å². The molecule has 19 heavy (non-hydrogen) atoms. The predicted octanol–water partition coefficient (Wildman–Crippen LogP) is 0.741. The first kappa shape index (κ1) is 13.5. The van der Waals surface area contributed by atoms with Gasteiger partial charge in [-0.2, -0.15) is 0 Å². The van der Waals surface area contributed by atoms with Crippen LogP contribution in [0.1, 0.15) is 12.8 Å². The maximum absolute atomic E-state index is 11.8. The number of nitrogens with one attached hydrogen (secondary N) is 3. The molecule has 0 radical (unpaired) electrons. The van der Waals surface area contributed by atoms with Crippen LogP contribution in [0.3, 0.4) is 0 Å². The molecule has 3 N–H and O–H groups in total. The monoisotopic (exact) mass is 261 g/mol. The molecular weight excluding hydrogens is 242 g/mol. The highest BCUT2D eigenvalue weighted by atomic mass is 16.2. The molecule has 0 bridgehead atoms. The van der Waals surface area contributed by atoms with Crippen LogP contribution in [0.5, 0.6) is 0 Å². The molecule has 1 aromatic rings. The van der Waals surface area contributed by atoms with Gasteiger partial charge in [-0.1, -0.05) is 18.2 Å². The van der Waals surface area contributed by atoms with E-state index >= 15 is 0 Å². The van der Waals surface area contributed by atoms with Crippen molar-refractivity contribution in [1.29, 1.82) is 0 Å². The molecule has 0 spiro atoms. The number of benzene rings is 1. The molecule has 102 valence electrons. The van der Waals surface area contributed by atoms with Gasteiger partial charge in [0.2, 0.25) is 11.8 Å². The molecule has 1 aliphatic heterocycles. The molecule has 1 aromatic carbocycles. The number of carbonyl (C=O) groups excluding carboxylic acids is 2. The Morgan fingerprint density at radius 2 is 1.84 bits per heavy atom. The molecule has 2 amide bonds. The summed E-state index contributed by atoms with van der Waals surface area (Å²) in [5.41, 5.74) is 0.739. The van der Waals surface area contributed by atoms with E-state index in [1.807, 2.05) is 30.3 Å². The van der Waals surface area contributed by atoms with Crippen molar-refractivity contribution in [3.8, 4) is 0 Å². The Labute approximate surface area is 112 Å². The third-order valence-electron chi connectivity index (χ3n) is 3.19. The van der Waals surface area contributed by atoms with Gasteiger partial charge in [-0.05, 0) is 38.1 Å². The molecule has 0 unspecified atom stereocenters. The topological polar surface area (TPSA) is 70.2 Å². The summed E-state index contributed by atoms with van der Waals surface area (Å²) < 4.78 is 0. The number of piperidine rings is 1. The van der Waals surface area contributed by atoms with Gasteiger partial charge in [-0.25, -0.2) is 0 Å². The molecule has 5 heteroatoms. The van der Waals surface area contributed by atoms with Gasteiger partial charge in [-0.3, -0.25) is 9.59 Å². The maximum Gasteiger partial charge on any atom is 0.243 e. The summed E-state index contributed by atoms with van der Waals surface area (Å²) >= 11 is 0. The number of para-hydroxylation sites is 1. The van der Waals surface area contributed by atoms with E-state index in [1.165, 1.54) is 0 Å². The van der Waals surface area contributed by atoms with Gasteiger partial charge in [0.1, 0.15) is 0 Å². The Balaban J connectivity index is 1.72. The van der Waals surface area contributed by atoms with Crippen molar-refractivity contribution in [3.63, 3.8) is 0 Å². The molecule has 1 heterocycles. The largest absolute Gasteiger partial charge is 0.347 e. The van der Waals surface area contributed by atoms with Crippen molar-refractivity contribution in [1.82, 2.24) is 10.6 Å². The number of amides is 2. The third-order valence-corrected chi connectivity index (χ3v) is 3.19. The first-order chi connectivity index (χ1) is 9.25. The van der Waals surface area contributed by atoms with E-state index in [1.54, 1.807) is 0 Å². The second-order valence-electron chi connectivity index (χ2n) is 4.66. The van der Waals surface area contributed by atoms with Crippen molar-refractivity contribution in [3.05, 3.63) is 30.3 Å². The molecule has 0 atom stereocenters. The summed E-state index contributed by atoms with van der Waals surface area (Å²) in [5, 5.41) is 8.64. The van der Waals surface area contributed by atoms with Crippen LogP contribution < -0.4 is 16.0 Å². The molecule has 5 nitrogen and oxygen atoms in total. The fourth-order valence-corrected chi connectivity index (χ4v) is 2.12. The molecule has 0 saturated carbocycles. The standard InChI is InChI=1S/C14H19N3O2/c18-13(17-12-4-2-1-3-5-12)10-16-14(19)11-6-8-15-9-7-11/h1-5,11,15H,6-10H2,(H,16,19)(H,17,18). The third kappa shape index (κ3) is 4.37. The van der Waals surface area contributed by atoms with Crippen LogP contribution >= 0.6 is 0 Å². The van der Waals surface area contributed by atoms with Gasteiger partial charge in [0.05, 0.1) is 6.54 Å². The normalized spacial score (nSPS) is 15.8. The second-order valence-corrected chi connectivity index (χ2v) is 4.66. The minimum absolute atomic E-state index is 0.0234. The lowest BCUT2D eigenvalue weighted by Crippen LogP contribution is -2.41. The lowest BCUT2D eigenvalue weighted by Gasteiger charge is -2.21. The highest BCUT2D eigenvalue weighted by molar-refractivity contribution is 5.94. The summed E-state index contributed by atoms with van der Waals surface area (Å²) in [7, 11) is 0. The van der Waals surface area contributed by atoms with Crippen LogP contribution in [0, 0.1) is 5.92 Å². The number of rotatable bonds is 4. The minimum Gasteiger partial charge on any atom is -0.347 e. The molecule has 2 rings (SSSR count). The Bertz CT molecular complexity index is 428. The second kappa shape index (κ2) is 6.89. The molecular formula is C14H19N3O2. The number of carbonyl (C=O) groups is 2. The SMILES string of the molecule is O=C(CNC(=O)C1CCNCC1)Nc1ccccc1. The lowest BCUT2D eigenvalue weighted by atomic mass is 9.97. The van der Waals surface area contributed by atoms with Crippen molar-refractivity contribution in [2.45, 2.75) is 12.8 Å². The molecule has 1 saturated heterocycles. The van der Waals surface area contributed by atoms with Crippen LogP contribution in [-0.4, -0.2) is 31.4 Å². The minimum atomic E-state index is -0.200. The number of hydrogen-bond donors (Lipinski definition) is 3. The predicted molar refractivity (Wildman–Crippen MR) is 73.7 cm³/mol. The van der Waals surface area contributed by atoms with E-state index in [2.05, 4.69) is 16.0 Å². The van der Waals surface area contributed by atoms with E-state index in [4.69, 9.17) is 0 Å². The van der Waals surface area contributed by atoms with Gasteiger partial charge in [0.25, 0.3) is 0 Å². The lowest BCUT2D eigenvalue weighted by molar-refractivity contribution is -0.127. The van der Waals surface area contributed by atoms with Crippen molar-refractivity contribution < 1.29 is 9.59 Å². The Kier molecular flexibility index (Phi) is 4.92. The van der Waals surface area contributed by atoms with E-state index in [9.17, 15) is 9.59 Å². The van der Waals surface area contributed by atoms with Crippen molar-refractivity contribution in [2.75, 3.05) is 25.0 Å². The van der Waals surface area contributed by atoms with Gasteiger partial charge >= 0.3 is 0 Å². The van der Waals surface area contributed by atoms with Crippen LogP contribution in [0.2, 0.25) is 0 Å². The van der Waals surface area contributed by atoms with E-state index < -0.39 is 0 Å². The average Bonchev–Trinajstić information content (AvgIpc) is 2.47. The Morgan fingerprint density at radius 3 is 2.53 bits per heavy atom. The zero-order chi connectivity index (χ0) is 13.5. The molecule has 1 fully saturated rings. The Morgan fingerprint density at radius 1 is 1.16 bits per heavy atom. The van der Waals surface area contributed by atoms with Crippen LogP contribution in [0.25, 0.3) is 0 Å². The van der Waals surface area contributed by atoms with Gasteiger partial charge in [0.15, 0.2) is 0 Å². The highest BCUT2D eigenvalue weighted by Gasteiger charge is 2.20. The summed E-state index contributed by atoms with van der Waals surface area (Å²) in [6.07, 6.45) is 1.68. The summed E-state index contributed by atoms with van der Waals surface area (Å²) in [6, 6.07) is 9.21.